The van der Waals surface area contributed by atoms with Gasteiger partial charge in [0, 0.05) is 10.4 Å². The molecule has 0 aliphatic heterocycles. The summed E-state index contributed by atoms with van der Waals surface area (Å²) in [5, 5.41) is 19.7. The molecular formula is C21H17BrO2. The molecule has 2 atom stereocenters. The molecule has 24 heavy (non-hydrogen) atoms. The zero-order valence-corrected chi connectivity index (χ0v) is 14.6. The Morgan fingerprint density at radius 3 is 2.21 bits per heavy atom. The van der Waals surface area contributed by atoms with E-state index in [9.17, 15) is 10.2 Å². The van der Waals surface area contributed by atoms with Crippen LogP contribution in [-0.4, -0.2) is 10.2 Å². The monoisotopic (exact) mass is 380 g/mol. The van der Waals surface area contributed by atoms with Crippen LogP contribution in [-0.2, 0) is 6.42 Å². The van der Waals surface area contributed by atoms with Gasteiger partial charge in [0.25, 0.3) is 0 Å². The van der Waals surface area contributed by atoms with Crippen molar-refractivity contribution in [2.45, 2.75) is 18.3 Å². The Balaban J connectivity index is 1.88. The van der Waals surface area contributed by atoms with Gasteiger partial charge in [-0.25, -0.2) is 0 Å². The maximum atomic E-state index is 10.1. The second-order valence-corrected chi connectivity index (χ2v) is 7.14. The Kier molecular flexibility index (Phi) is 3.81. The van der Waals surface area contributed by atoms with Crippen molar-refractivity contribution in [2.75, 3.05) is 0 Å². The molecule has 0 spiro atoms. The van der Waals surface area contributed by atoms with Crippen molar-refractivity contribution in [3.63, 3.8) is 0 Å². The van der Waals surface area contributed by atoms with Crippen LogP contribution in [0.25, 0.3) is 0 Å². The SMILES string of the molecule is Oc1ccc(C2Cc3c(Br)cc(O)cc3C2c2ccccc2)cc1. The fraction of sp³-hybridized carbons (Fsp3) is 0.143. The van der Waals surface area contributed by atoms with Crippen LogP contribution < -0.4 is 0 Å². The molecule has 4 rings (SSSR count). The molecule has 0 fully saturated rings. The maximum Gasteiger partial charge on any atom is 0.117 e. The number of halogens is 1. The average Bonchev–Trinajstić information content (AvgIpc) is 2.96. The third kappa shape index (κ3) is 2.59. The predicted molar refractivity (Wildman–Crippen MR) is 98.6 cm³/mol. The summed E-state index contributed by atoms with van der Waals surface area (Å²) in [6, 6.07) is 21.5. The molecule has 0 bridgehead atoms. The smallest absolute Gasteiger partial charge is 0.117 e. The Labute approximate surface area is 149 Å². The van der Waals surface area contributed by atoms with Gasteiger partial charge in [-0.15, -0.1) is 0 Å². The van der Waals surface area contributed by atoms with Crippen molar-refractivity contribution < 1.29 is 10.2 Å². The molecule has 0 saturated heterocycles. The average molecular weight is 381 g/mol. The molecule has 2 nitrogen and oxygen atoms in total. The number of benzene rings is 3. The first kappa shape index (κ1) is 15.3. The standard InChI is InChI=1S/C21H17BrO2/c22-20-11-16(24)10-19-18(20)12-17(13-6-8-15(23)9-7-13)21(19)14-4-2-1-3-5-14/h1-11,17,21,23-24H,12H2. The first-order valence-corrected chi connectivity index (χ1v) is 8.78. The summed E-state index contributed by atoms with van der Waals surface area (Å²) in [5.41, 5.74) is 4.86. The molecule has 0 heterocycles. The van der Waals surface area contributed by atoms with Crippen LogP contribution in [0.2, 0.25) is 0 Å². The van der Waals surface area contributed by atoms with Gasteiger partial charge in [-0.05, 0) is 58.9 Å². The molecule has 1 aliphatic carbocycles. The Hall–Kier alpha value is -2.26. The van der Waals surface area contributed by atoms with Gasteiger partial charge < -0.3 is 10.2 Å². The second-order valence-electron chi connectivity index (χ2n) is 6.29. The van der Waals surface area contributed by atoms with Crippen molar-refractivity contribution in [1.82, 2.24) is 0 Å². The summed E-state index contributed by atoms with van der Waals surface area (Å²) in [6.07, 6.45) is 0.903. The third-order valence-electron chi connectivity index (χ3n) is 4.86. The summed E-state index contributed by atoms with van der Waals surface area (Å²) in [5.74, 6) is 1.03. The number of hydrogen-bond donors (Lipinski definition) is 2. The minimum absolute atomic E-state index is 0.189. The molecule has 3 aromatic rings. The third-order valence-corrected chi connectivity index (χ3v) is 5.56. The van der Waals surface area contributed by atoms with Crippen LogP contribution in [0.5, 0.6) is 11.5 Å². The highest BCUT2D eigenvalue weighted by Crippen LogP contribution is 2.50. The minimum Gasteiger partial charge on any atom is -0.508 e. The van der Waals surface area contributed by atoms with E-state index in [4.69, 9.17) is 0 Å². The summed E-state index contributed by atoms with van der Waals surface area (Å²) < 4.78 is 0.958. The lowest BCUT2D eigenvalue weighted by molar-refractivity contribution is 0.474. The number of phenols is 2. The van der Waals surface area contributed by atoms with Crippen LogP contribution in [0.1, 0.15) is 34.1 Å². The van der Waals surface area contributed by atoms with Crippen LogP contribution in [0.15, 0.2) is 71.2 Å². The van der Waals surface area contributed by atoms with E-state index >= 15 is 0 Å². The number of aromatic hydroxyl groups is 2. The van der Waals surface area contributed by atoms with E-state index < -0.39 is 0 Å². The van der Waals surface area contributed by atoms with Gasteiger partial charge in [-0.1, -0.05) is 58.4 Å². The van der Waals surface area contributed by atoms with Gasteiger partial charge in [0.2, 0.25) is 0 Å². The molecule has 3 heteroatoms. The summed E-state index contributed by atoms with van der Waals surface area (Å²) in [7, 11) is 0. The van der Waals surface area contributed by atoms with E-state index in [0.717, 1.165) is 10.9 Å². The molecule has 0 amide bonds. The molecular weight excluding hydrogens is 364 g/mol. The lowest BCUT2D eigenvalue weighted by Crippen LogP contribution is -2.07. The lowest BCUT2D eigenvalue weighted by Gasteiger charge is -2.22. The van der Waals surface area contributed by atoms with E-state index in [-0.39, 0.29) is 23.3 Å². The summed E-state index contributed by atoms with van der Waals surface area (Å²) in [6.45, 7) is 0. The van der Waals surface area contributed by atoms with Gasteiger partial charge in [0.1, 0.15) is 11.5 Å². The molecule has 3 aromatic carbocycles. The first-order chi connectivity index (χ1) is 11.6. The van der Waals surface area contributed by atoms with E-state index in [1.807, 2.05) is 24.3 Å². The molecule has 2 N–H and O–H groups in total. The largest absolute Gasteiger partial charge is 0.508 e. The van der Waals surface area contributed by atoms with Crippen molar-refractivity contribution >= 4 is 15.9 Å². The minimum atomic E-state index is 0.189. The number of fused-ring (bicyclic) bond motifs is 1. The lowest BCUT2D eigenvalue weighted by atomic mass is 9.82. The quantitative estimate of drug-likeness (QED) is 0.630. The van der Waals surface area contributed by atoms with E-state index in [2.05, 4.69) is 40.2 Å². The summed E-state index contributed by atoms with van der Waals surface area (Å²) in [4.78, 5) is 0. The highest BCUT2D eigenvalue weighted by Gasteiger charge is 2.36. The highest BCUT2D eigenvalue weighted by atomic mass is 79.9. The topological polar surface area (TPSA) is 40.5 Å². The maximum absolute atomic E-state index is 10.1. The van der Waals surface area contributed by atoms with E-state index in [1.54, 1.807) is 18.2 Å². The first-order valence-electron chi connectivity index (χ1n) is 7.98. The highest BCUT2D eigenvalue weighted by molar-refractivity contribution is 9.10. The molecule has 1 aliphatic rings. The fourth-order valence-corrected chi connectivity index (χ4v) is 4.42. The molecule has 0 saturated carbocycles. The fourth-order valence-electron chi connectivity index (χ4n) is 3.79. The van der Waals surface area contributed by atoms with Gasteiger partial charge in [-0.3, -0.25) is 0 Å². The van der Waals surface area contributed by atoms with E-state index in [1.165, 1.54) is 22.3 Å². The second kappa shape index (κ2) is 5.99. The predicted octanol–water partition coefficient (Wildman–Crippen LogP) is 5.33. The van der Waals surface area contributed by atoms with Crippen molar-refractivity contribution in [2.24, 2.45) is 0 Å². The number of hydrogen-bond acceptors (Lipinski definition) is 2. The Morgan fingerprint density at radius 1 is 0.792 bits per heavy atom. The van der Waals surface area contributed by atoms with Crippen LogP contribution in [0.4, 0.5) is 0 Å². The van der Waals surface area contributed by atoms with E-state index in [0.29, 0.717) is 0 Å². The van der Waals surface area contributed by atoms with Crippen LogP contribution in [0.3, 0.4) is 0 Å². The van der Waals surface area contributed by atoms with Crippen molar-refractivity contribution in [3.05, 3.63) is 93.5 Å². The molecule has 0 aromatic heterocycles. The van der Waals surface area contributed by atoms with Crippen molar-refractivity contribution in [1.29, 1.82) is 0 Å². The van der Waals surface area contributed by atoms with Gasteiger partial charge in [0.15, 0.2) is 0 Å². The Morgan fingerprint density at radius 2 is 1.50 bits per heavy atom. The van der Waals surface area contributed by atoms with Gasteiger partial charge in [-0.2, -0.15) is 0 Å². The Bertz CT molecular complexity index is 872. The zero-order chi connectivity index (χ0) is 16.7. The van der Waals surface area contributed by atoms with Gasteiger partial charge >= 0.3 is 0 Å². The zero-order valence-electron chi connectivity index (χ0n) is 13.0. The van der Waals surface area contributed by atoms with Gasteiger partial charge in [0.05, 0.1) is 0 Å². The molecule has 2 unspecified atom stereocenters. The number of rotatable bonds is 2. The van der Waals surface area contributed by atoms with Crippen LogP contribution >= 0.6 is 15.9 Å². The normalized spacial score (nSPS) is 19.2. The summed E-state index contributed by atoms with van der Waals surface area (Å²) >= 11 is 3.61. The van der Waals surface area contributed by atoms with Crippen LogP contribution in [0, 0.1) is 0 Å². The van der Waals surface area contributed by atoms with Crippen molar-refractivity contribution in [3.8, 4) is 11.5 Å². The molecule has 0 radical (unpaired) electrons. The molecule has 120 valence electrons. The number of phenolic OH excluding ortho intramolecular Hbond substituents is 2.